The highest BCUT2D eigenvalue weighted by Gasteiger charge is 2.49. The fraction of sp³-hybridized carbons (Fsp3) is 0.609. The van der Waals surface area contributed by atoms with E-state index < -0.39 is 0 Å². The fourth-order valence-corrected chi connectivity index (χ4v) is 4.66. The van der Waals surface area contributed by atoms with E-state index in [1.165, 1.54) is 24.5 Å². The number of hydrogen-bond acceptors (Lipinski definition) is 4. The molecule has 1 saturated carbocycles. The number of rotatable bonds is 5. The zero-order chi connectivity index (χ0) is 19.4. The van der Waals surface area contributed by atoms with Gasteiger partial charge in [-0.2, -0.15) is 0 Å². The maximum Gasteiger partial charge on any atom is 0.330 e. The molecule has 0 spiro atoms. The Morgan fingerprint density at radius 2 is 2.04 bits per heavy atom. The van der Waals surface area contributed by atoms with E-state index in [4.69, 9.17) is 9.47 Å². The van der Waals surface area contributed by atoms with Gasteiger partial charge in [-0.05, 0) is 51.2 Å². The monoisotopic (exact) mass is 371 g/mol. The highest BCUT2D eigenvalue weighted by atomic mass is 16.5. The Morgan fingerprint density at radius 1 is 1.30 bits per heavy atom. The molecule has 27 heavy (non-hydrogen) atoms. The molecule has 1 aliphatic carbocycles. The summed E-state index contributed by atoms with van der Waals surface area (Å²) in [6.07, 6.45) is 6.96. The first-order valence-electron chi connectivity index (χ1n) is 10.2. The van der Waals surface area contributed by atoms with E-state index in [1.807, 2.05) is 19.1 Å². The minimum atomic E-state index is -0.308. The summed E-state index contributed by atoms with van der Waals surface area (Å²) in [6.45, 7) is 9.98. The highest BCUT2D eigenvalue weighted by Crippen LogP contribution is 2.45. The molecule has 1 aliphatic heterocycles. The lowest BCUT2D eigenvalue weighted by molar-refractivity contribution is -0.219. The van der Waals surface area contributed by atoms with Gasteiger partial charge in [-0.3, -0.25) is 4.90 Å². The highest BCUT2D eigenvalue weighted by molar-refractivity contribution is 5.81. The van der Waals surface area contributed by atoms with Gasteiger partial charge in [0.05, 0.1) is 12.7 Å². The molecule has 148 valence electrons. The first kappa shape index (κ1) is 20.1. The molecule has 0 N–H and O–H groups in total. The number of nitrogens with zero attached hydrogens (tertiary/aromatic N) is 1. The Bertz CT molecular complexity index is 655. The van der Waals surface area contributed by atoms with Gasteiger partial charge in [0.15, 0.2) is 0 Å². The largest absolute Gasteiger partial charge is 0.463 e. The summed E-state index contributed by atoms with van der Waals surface area (Å²) in [5.74, 6) is 0.889. The molecular formula is C23H33NO3. The van der Waals surface area contributed by atoms with Crippen LogP contribution in [0.25, 0.3) is 0 Å². The third-order valence-corrected chi connectivity index (χ3v) is 6.20. The van der Waals surface area contributed by atoms with Crippen molar-refractivity contribution in [2.24, 2.45) is 11.8 Å². The van der Waals surface area contributed by atoms with E-state index >= 15 is 0 Å². The molecule has 0 bridgehead atoms. The van der Waals surface area contributed by atoms with Gasteiger partial charge in [-0.15, -0.1) is 0 Å². The third-order valence-electron chi connectivity index (χ3n) is 6.20. The van der Waals surface area contributed by atoms with Crippen LogP contribution in [0.15, 0.2) is 42.5 Å². The predicted octanol–water partition coefficient (Wildman–Crippen LogP) is 4.55. The van der Waals surface area contributed by atoms with Gasteiger partial charge in [-0.1, -0.05) is 43.7 Å². The number of hydrogen-bond donors (Lipinski definition) is 0. The van der Waals surface area contributed by atoms with Crippen molar-refractivity contribution in [1.82, 2.24) is 4.90 Å². The summed E-state index contributed by atoms with van der Waals surface area (Å²) in [7, 11) is 0. The van der Waals surface area contributed by atoms with Crippen LogP contribution in [0.1, 0.15) is 52.5 Å². The van der Waals surface area contributed by atoms with E-state index in [1.54, 1.807) is 0 Å². The van der Waals surface area contributed by atoms with Crippen LogP contribution in [0.3, 0.4) is 0 Å². The average molecular weight is 372 g/mol. The first-order valence-corrected chi connectivity index (χ1v) is 10.2. The van der Waals surface area contributed by atoms with Gasteiger partial charge in [0, 0.05) is 24.1 Å². The zero-order valence-corrected chi connectivity index (χ0v) is 17.1. The van der Waals surface area contributed by atoms with Crippen LogP contribution < -0.4 is 0 Å². The topological polar surface area (TPSA) is 38.8 Å². The molecule has 4 atom stereocenters. The van der Waals surface area contributed by atoms with E-state index in [-0.39, 0.29) is 23.8 Å². The number of benzene rings is 1. The van der Waals surface area contributed by atoms with Crippen LogP contribution >= 0.6 is 0 Å². The molecule has 0 amide bonds. The molecule has 3 rings (SSSR count). The molecule has 1 saturated heterocycles. The van der Waals surface area contributed by atoms with E-state index in [2.05, 4.69) is 49.9 Å². The van der Waals surface area contributed by atoms with Crippen LogP contribution in [0.2, 0.25) is 0 Å². The summed E-state index contributed by atoms with van der Waals surface area (Å²) < 4.78 is 11.6. The van der Waals surface area contributed by atoms with Gasteiger partial charge >= 0.3 is 5.97 Å². The molecule has 0 unspecified atom stereocenters. The zero-order valence-electron chi connectivity index (χ0n) is 17.1. The van der Waals surface area contributed by atoms with Crippen LogP contribution in [-0.4, -0.2) is 35.3 Å². The maximum atomic E-state index is 11.9. The van der Waals surface area contributed by atoms with Crippen LogP contribution in [0.4, 0.5) is 0 Å². The Morgan fingerprint density at radius 3 is 2.74 bits per heavy atom. The second kappa shape index (κ2) is 8.57. The number of fused-ring (bicyclic) bond motifs is 1. The van der Waals surface area contributed by atoms with Crippen molar-refractivity contribution in [3.05, 3.63) is 48.0 Å². The van der Waals surface area contributed by atoms with Crippen molar-refractivity contribution in [3.63, 3.8) is 0 Å². The number of carbonyl (C=O) groups excluding carboxylic acids is 1. The summed E-state index contributed by atoms with van der Waals surface area (Å²) in [5.41, 5.74) is 1.24. The number of esters is 1. The van der Waals surface area contributed by atoms with Crippen molar-refractivity contribution in [2.75, 3.05) is 6.61 Å². The van der Waals surface area contributed by atoms with Crippen molar-refractivity contribution >= 4 is 5.97 Å². The third kappa shape index (κ3) is 4.61. The number of ether oxygens (including phenoxy) is 2. The van der Waals surface area contributed by atoms with Gasteiger partial charge < -0.3 is 9.47 Å². The molecular weight excluding hydrogens is 338 g/mol. The minimum Gasteiger partial charge on any atom is -0.463 e. The van der Waals surface area contributed by atoms with Crippen molar-refractivity contribution < 1.29 is 14.3 Å². The molecule has 2 aliphatic rings. The second-order valence-electron chi connectivity index (χ2n) is 8.47. The molecule has 4 heteroatoms. The molecule has 1 aromatic rings. The maximum absolute atomic E-state index is 11.9. The molecule has 0 radical (unpaired) electrons. The van der Waals surface area contributed by atoms with E-state index in [9.17, 15) is 4.79 Å². The lowest BCUT2D eigenvalue weighted by Crippen LogP contribution is -2.63. The predicted molar refractivity (Wildman–Crippen MR) is 107 cm³/mol. The summed E-state index contributed by atoms with van der Waals surface area (Å²) in [4.78, 5) is 14.3. The minimum absolute atomic E-state index is 0.0113. The Balaban J connectivity index is 1.87. The standard InChI is InChI=1S/C23H33NO3/c1-5-26-22(25)14-13-21-24(16-18-9-7-6-8-10-18)23(3,4)19-12-11-17(2)15-20(19)27-21/h6-10,13-14,17,19-21H,5,11-12,15-16H2,1-4H3/b14-13+/t17-,19-,20-,21+/m1/s1. The van der Waals surface area contributed by atoms with Gasteiger partial charge in [-0.25, -0.2) is 4.79 Å². The second-order valence-corrected chi connectivity index (χ2v) is 8.47. The normalized spacial score (nSPS) is 30.8. The molecule has 2 fully saturated rings. The quantitative estimate of drug-likeness (QED) is 0.562. The fourth-order valence-electron chi connectivity index (χ4n) is 4.66. The lowest BCUT2D eigenvalue weighted by Gasteiger charge is -2.56. The SMILES string of the molecule is CCOC(=O)/C=C/[C@@H]1O[C@@H]2C[C@H](C)CC[C@H]2C(C)(C)N1Cc1ccccc1. The van der Waals surface area contributed by atoms with Gasteiger partial charge in [0.2, 0.25) is 0 Å². The summed E-state index contributed by atoms with van der Waals surface area (Å²) in [6, 6.07) is 10.5. The van der Waals surface area contributed by atoms with Crippen molar-refractivity contribution in [2.45, 2.75) is 71.4 Å². The summed E-state index contributed by atoms with van der Waals surface area (Å²) >= 11 is 0. The van der Waals surface area contributed by atoms with Crippen LogP contribution in [0, 0.1) is 11.8 Å². The first-order chi connectivity index (χ1) is 12.9. The molecule has 1 heterocycles. The van der Waals surface area contributed by atoms with Crippen LogP contribution in [-0.2, 0) is 20.8 Å². The van der Waals surface area contributed by atoms with E-state index in [0.29, 0.717) is 18.4 Å². The molecule has 1 aromatic carbocycles. The average Bonchev–Trinajstić information content (AvgIpc) is 2.63. The number of carbonyl (C=O) groups is 1. The summed E-state index contributed by atoms with van der Waals surface area (Å²) in [5, 5.41) is 0. The van der Waals surface area contributed by atoms with Crippen LogP contribution in [0.5, 0.6) is 0 Å². The Kier molecular flexibility index (Phi) is 6.38. The van der Waals surface area contributed by atoms with E-state index in [0.717, 1.165) is 13.0 Å². The van der Waals surface area contributed by atoms with Gasteiger partial charge in [0.25, 0.3) is 0 Å². The Hall–Kier alpha value is -1.65. The Labute approximate surface area is 163 Å². The van der Waals surface area contributed by atoms with Crippen molar-refractivity contribution in [3.8, 4) is 0 Å². The molecule has 0 aromatic heterocycles. The van der Waals surface area contributed by atoms with Gasteiger partial charge in [0.1, 0.15) is 6.23 Å². The molecule has 4 nitrogen and oxygen atoms in total. The smallest absolute Gasteiger partial charge is 0.330 e. The van der Waals surface area contributed by atoms with Crippen molar-refractivity contribution in [1.29, 1.82) is 0 Å². The lowest BCUT2D eigenvalue weighted by atomic mass is 9.69.